The highest BCUT2D eigenvalue weighted by Gasteiger charge is 2.31. The molecule has 37 heavy (non-hydrogen) atoms. The second-order valence-corrected chi connectivity index (χ2v) is 9.48. The van der Waals surface area contributed by atoms with Gasteiger partial charge in [0.1, 0.15) is 0 Å². The summed E-state index contributed by atoms with van der Waals surface area (Å²) in [6.45, 7) is 8.72. The topological polar surface area (TPSA) is 73.9 Å². The maximum atomic E-state index is 9.57. The van der Waals surface area contributed by atoms with Crippen molar-refractivity contribution in [2.75, 3.05) is 32.7 Å². The summed E-state index contributed by atoms with van der Waals surface area (Å²) in [6.07, 6.45) is 4.42. The summed E-state index contributed by atoms with van der Waals surface area (Å²) >= 11 is 0. The minimum Gasteiger partial charge on any atom is -0.297 e. The van der Waals surface area contributed by atoms with E-state index in [0.717, 1.165) is 60.9 Å². The van der Waals surface area contributed by atoms with Crippen LogP contribution in [0.4, 0.5) is 0 Å². The van der Waals surface area contributed by atoms with Crippen molar-refractivity contribution in [2.24, 2.45) is 0 Å². The largest absolute Gasteiger partial charge is 0.297 e. The molecule has 0 amide bonds. The molecule has 7 nitrogen and oxygen atoms in total. The van der Waals surface area contributed by atoms with E-state index in [1.165, 1.54) is 5.56 Å². The maximum absolute atomic E-state index is 9.57. The molecule has 0 spiro atoms. The van der Waals surface area contributed by atoms with Crippen LogP contribution in [0.25, 0.3) is 11.8 Å². The average Bonchev–Trinajstić information content (AvgIpc) is 3.39. The van der Waals surface area contributed by atoms with Crippen LogP contribution >= 0.6 is 0 Å². The Morgan fingerprint density at radius 1 is 0.919 bits per heavy atom. The summed E-state index contributed by atoms with van der Waals surface area (Å²) in [5.41, 5.74) is 6.13. The minimum atomic E-state index is -0.163. The number of nitrogens with zero attached hydrogens (tertiary/aromatic N) is 7. The van der Waals surface area contributed by atoms with Gasteiger partial charge in [0.2, 0.25) is 0 Å². The van der Waals surface area contributed by atoms with Crippen LogP contribution in [0.2, 0.25) is 0 Å². The first kappa shape index (κ1) is 24.6. The van der Waals surface area contributed by atoms with Gasteiger partial charge in [-0.3, -0.25) is 9.80 Å². The first-order chi connectivity index (χ1) is 18.1. The number of piperazine rings is 1. The van der Waals surface area contributed by atoms with Crippen LogP contribution in [0.3, 0.4) is 0 Å². The number of tetrazole rings is 1. The van der Waals surface area contributed by atoms with Crippen molar-refractivity contribution in [3.8, 4) is 11.8 Å². The minimum absolute atomic E-state index is 0.163. The third-order valence-corrected chi connectivity index (χ3v) is 6.97. The molecule has 7 heteroatoms. The molecule has 0 saturated carbocycles. The second kappa shape index (κ2) is 11.3. The summed E-state index contributed by atoms with van der Waals surface area (Å²) in [7, 11) is 0. The first-order valence-electron chi connectivity index (χ1n) is 12.7. The predicted molar refractivity (Wildman–Crippen MR) is 145 cm³/mol. The lowest BCUT2D eigenvalue weighted by Gasteiger charge is -2.38. The fourth-order valence-corrected chi connectivity index (χ4v) is 5.07. The van der Waals surface area contributed by atoms with Crippen LogP contribution in [0, 0.1) is 25.2 Å². The van der Waals surface area contributed by atoms with Gasteiger partial charge in [-0.1, -0.05) is 72.8 Å². The molecule has 186 valence electrons. The van der Waals surface area contributed by atoms with Gasteiger partial charge in [0, 0.05) is 32.7 Å². The molecule has 5 rings (SSSR count). The fraction of sp³-hybridized carbons (Fsp3) is 0.267. The normalized spacial score (nSPS) is 15.6. The van der Waals surface area contributed by atoms with Crippen LogP contribution in [0.1, 0.15) is 39.7 Å². The number of hydrogen-bond donors (Lipinski definition) is 0. The van der Waals surface area contributed by atoms with Crippen LogP contribution in [-0.4, -0.2) is 62.7 Å². The van der Waals surface area contributed by atoms with E-state index in [0.29, 0.717) is 5.56 Å². The predicted octanol–water partition coefficient (Wildman–Crippen LogP) is 4.57. The van der Waals surface area contributed by atoms with Crippen molar-refractivity contribution in [3.05, 3.63) is 113 Å². The molecule has 1 aliphatic heterocycles. The number of rotatable bonds is 7. The lowest BCUT2D eigenvalue weighted by Crippen LogP contribution is -2.48. The number of nitriles is 1. The highest BCUT2D eigenvalue weighted by Crippen LogP contribution is 2.31. The van der Waals surface area contributed by atoms with Crippen molar-refractivity contribution < 1.29 is 0 Å². The molecule has 1 fully saturated rings. The van der Waals surface area contributed by atoms with Gasteiger partial charge in [-0.05, 0) is 58.7 Å². The van der Waals surface area contributed by atoms with Crippen LogP contribution in [-0.2, 0) is 0 Å². The van der Waals surface area contributed by atoms with E-state index in [-0.39, 0.29) is 6.04 Å². The Labute approximate surface area is 218 Å². The molecule has 0 N–H and O–H groups in total. The standard InChI is InChI=1S/C30H31N7/c1-23-9-6-10-24(2)28(23)37-30(32-33-34-37)29(27-15-7-13-26(21-27)22-31)36-19-17-35(18-20-36)16-8-14-25-11-4-3-5-12-25/h3-15,21,29H,16-20H2,1-2H3. The van der Waals surface area contributed by atoms with Crippen molar-refractivity contribution in [2.45, 2.75) is 19.9 Å². The maximum Gasteiger partial charge on any atom is 0.178 e. The molecule has 1 atom stereocenters. The van der Waals surface area contributed by atoms with Crippen LogP contribution in [0.15, 0.2) is 78.9 Å². The van der Waals surface area contributed by atoms with E-state index < -0.39 is 0 Å². The molecule has 4 aromatic rings. The zero-order valence-corrected chi connectivity index (χ0v) is 21.3. The summed E-state index contributed by atoms with van der Waals surface area (Å²) < 4.78 is 1.88. The quantitative estimate of drug-likeness (QED) is 0.379. The number of aromatic nitrogens is 4. The molecular formula is C30H31N7. The van der Waals surface area contributed by atoms with E-state index in [1.54, 1.807) is 0 Å². The molecule has 0 bridgehead atoms. The molecule has 1 saturated heterocycles. The molecule has 2 heterocycles. The van der Waals surface area contributed by atoms with Crippen molar-refractivity contribution in [1.29, 1.82) is 5.26 Å². The summed E-state index contributed by atoms with van der Waals surface area (Å²) in [6, 6.07) is 26.6. The number of benzene rings is 3. The van der Waals surface area contributed by atoms with Gasteiger partial charge >= 0.3 is 0 Å². The van der Waals surface area contributed by atoms with E-state index >= 15 is 0 Å². The van der Waals surface area contributed by atoms with Crippen molar-refractivity contribution in [1.82, 2.24) is 30.0 Å². The zero-order chi connectivity index (χ0) is 25.6. The Morgan fingerprint density at radius 3 is 2.38 bits per heavy atom. The van der Waals surface area contributed by atoms with Gasteiger partial charge in [0.05, 0.1) is 23.4 Å². The number of aryl methyl sites for hydroxylation is 2. The number of hydrogen-bond acceptors (Lipinski definition) is 6. The molecular weight excluding hydrogens is 458 g/mol. The molecule has 0 radical (unpaired) electrons. The van der Waals surface area contributed by atoms with E-state index in [4.69, 9.17) is 0 Å². The van der Waals surface area contributed by atoms with Gasteiger partial charge in [0.25, 0.3) is 0 Å². The Morgan fingerprint density at radius 2 is 1.65 bits per heavy atom. The summed E-state index contributed by atoms with van der Waals surface area (Å²) in [4.78, 5) is 4.90. The van der Waals surface area contributed by atoms with Gasteiger partial charge in [0.15, 0.2) is 5.82 Å². The Kier molecular flexibility index (Phi) is 7.50. The Hall–Kier alpha value is -4.12. The highest BCUT2D eigenvalue weighted by atomic mass is 15.6. The number of para-hydroxylation sites is 1. The highest BCUT2D eigenvalue weighted by molar-refractivity contribution is 5.49. The molecule has 1 aromatic heterocycles. The van der Waals surface area contributed by atoms with Crippen molar-refractivity contribution in [3.63, 3.8) is 0 Å². The molecule has 1 aliphatic rings. The Bertz CT molecular complexity index is 1390. The smallest absolute Gasteiger partial charge is 0.178 e. The first-order valence-corrected chi connectivity index (χ1v) is 12.7. The van der Waals surface area contributed by atoms with E-state index in [9.17, 15) is 5.26 Å². The Balaban J connectivity index is 1.41. The molecule has 3 aromatic carbocycles. The van der Waals surface area contributed by atoms with Crippen molar-refractivity contribution >= 4 is 6.08 Å². The summed E-state index contributed by atoms with van der Waals surface area (Å²) in [5.74, 6) is 0.768. The monoisotopic (exact) mass is 489 g/mol. The van der Waals surface area contributed by atoms with Crippen LogP contribution in [0.5, 0.6) is 0 Å². The van der Waals surface area contributed by atoms with E-state index in [2.05, 4.69) is 106 Å². The lowest BCUT2D eigenvalue weighted by atomic mass is 10.0. The average molecular weight is 490 g/mol. The van der Waals surface area contributed by atoms with E-state index in [1.807, 2.05) is 28.9 Å². The van der Waals surface area contributed by atoms with Gasteiger partial charge in [-0.2, -0.15) is 9.94 Å². The SMILES string of the molecule is Cc1cccc(C)c1-n1nnnc1C(c1cccc(C#N)c1)N1CCN(CC=Cc2ccccc2)CC1. The van der Waals surface area contributed by atoms with Gasteiger partial charge < -0.3 is 0 Å². The second-order valence-electron chi connectivity index (χ2n) is 9.48. The third-order valence-electron chi connectivity index (χ3n) is 6.97. The van der Waals surface area contributed by atoms with Gasteiger partial charge in [-0.15, -0.1) is 5.10 Å². The zero-order valence-electron chi connectivity index (χ0n) is 21.3. The van der Waals surface area contributed by atoms with Gasteiger partial charge in [-0.25, -0.2) is 0 Å². The third kappa shape index (κ3) is 5.51. The molecule has 1 unspecified atom stereocenters. The summed E-state index contributed by atoms with van der Waals surface area (Å²) in [5, 5.41) is 22.6. The lowest BCUT2D eigenvalue weighted by molar-refractivity contribution is 0.113. The van der Waals surface area contributed by atoms with Crippen LogP contribution < -0.4 is 0 Å². The molecule has 0 aliphatic carbocycles. The fourth-order valence-electron chi connectivity index (χ4n) is 5.07.